The van der Waals surface area contributed by atoms with Gasteiger partial charge in [0.15, 0.2) is 0 Å². The fourth-order valence-corrected chi connectivity index (χ4v) is 3.60. The Bertz CT molecular complexity index is 1140. The van der Waals surface area contributed by atoms with Gasteiger partial charge in [0.05, 0.1) is 17.3 Å². The first kappa shape index (κ1) is 14.2. The van der Waals surface area contributed by atoms with Gasteiger partial charge >= 0.3 is 0 Å². The molecule has 0 unspecified atom stereocenters. The zero-order valence-electron chi connectivity index (χ0n) is 13.2. The molecule has 5 heteroatoms. The van der Waals surface area contributed by atoms with Crippen LogP contribution in [-0.4, -0.2) is 14.5 Å². The highest BCUT2D eigenvalue weighted by atomic mass is 32.1. The number of imidazole rings is 1. The number of benzene rings is 2. The van der Waals surface area contributed by atoms with Crippen molar-refractivity contribution in [2.45, 2.75) is 0 Å². The van der Waals surface area contributed by atoms with E-state index in [4.69, 9.17) is 4.42 Å². The van der Waals surface area contributed by atoms with Crippen molar-refractivity contribution in [3.8, 4) is 27.6 Å². The van der Waals surface area contributed by atoms with Crippen LogP contribution in [0.15, 0.2) is 83.2 Å². The first-order valence-electron chi connectivity index (χ1n) is 7.90. The molecule has 5 aromatic rings. The number of hydrogen-bond donors (Lipinski definition) is 0. The fourth-order valence-electron chi connectivity index (χ4n) is 2.97. The Morgan fingerprint density at radius 1 is 0.920 bits per heavy atom. The summed E-state index contributed by atoms with van der Waals surface area (Å²) in [4.78, 5) is 8.96. The number of nitrogens with zero attached hydrogens (tertiary/aromatic N) is 3. The van der Waals surface area contributed by atoms with Crippen LogP contribution in [0.3, 0.4) is 0 Å². The fraction of sp³-hybridized carbons (Fsp3) is 0. The van der Waals surface area contributed by atoms with Crippen molar-refractivity contribution < 1.29 is 4.42 Å². The molecule has 25 heavy (non-hydrogen) atoms. The number of fused-ring (bicyclic) bond motifs is 1. The highest BCUT2D eigenvalue weighted by molar-refractivity contribution is 7.13. The minimum absolute atomic E-state index is 0.849. The maximum Gasteiger partial charge on any atom is 0.133 e. The average molecular weight is 343 g/mol. The Hall–Kier alpha value is -3.18. The molecule has 5 rings (SSSR count). The third-order valence-corrected chi connectivity index (χ3v) is 4.98. The van der Waals surface area contributed by atoms with Gasteiger partial charge in [-0.3, -0.25) is 4.57 Å². The quantitative estimate of drug-likeness (QED) is 0.440. The Morgan fingerprint density at radius 3 is 2.76 bits per heavy atom. The summed E-state index contributed by atoms with van der Waals surface area (Å²) in [6.07, 6.45) is 5.37. The first-order valence-corrected chi connectivity index (χ1v) is 8.78. The van der Waals surface area contributed by atoms with Gasteiger partial charge in [-0.1, -0.05) is 12.1 Å². The van der Waals surface area contributed by atoms with Gasteiger partial charge in [-0.25, -0.2) is 9.97 Å². The average Bonchev–Trinajstić information content (AvgIpc) is 3.42. The maximum absolute atomic E-state index is 5.48. The van der Waals surface area contributed by atoms with Gasteiger partial charge in [0.1, 0.15) is 17.1 Å². The standard InChI is InChI=1S/C20H13N3OS/c1-3-15(20-21-8-10-25-20)11-16(4-1)23-13-22-17-12-14(6-7-18(17)23)19-5-2-9-24-19/h1-13H. The second-order valence-electron chi connectivity index (χ2n) is 5.68. The molecular formula is C20H13N3OS. The molecule has 0 radical (unpaired) electrons. The SMILES string of the molecule is c1cc(-c2nccs2)cc(-n2cnc3cc(-c4ccco4)ccc32)c1. The Kier molecular flexibility index (Phi) is 3.24. The lowest BCUT2D eigenvalue weighted by molar-refractivity contribution is 0.582. The largest absolute Gasteiger partial charge is 0.464 e. The van der Waals surface area contributed by atoms with Crippen molar-refractivity contribution in [3.63, 3.8) is 0 Å². The molecule has 4 nitrogen and oxygen atoms in total. The van der Waals surface area contributed by atoms with Crippen LogP contribution in [0.4, 0.5) is 0 Å². The second kappa shape index (κ2) is 5.72. The molecule has 0 aliphatic rings. The zero-order chi connectivity index (χ0) is 16.6. The minimum atomic E-state index is 0.849. The summed E-state index contributed by atoms with van der Waals surface area (Å²) in [7, 11) is 0. The van der Waals surface area contributed by atoms with Gasteiger partial charge in [-0.15, -0.1) is 11.3 Å². The number of furan rings is 1. The van der Waals surface area contributed by atoms with Gasteiger partial charge in [0, 0.05) is 28.4 Å². The van der Waals surface area contributed by atoms with E-state index in [0.29, 0.717) is 0 Å². The van der Waals surface area contributed by atoms with Crippen LogP contribution >= 0.6 is 11.3 Å². The predicted molar refractivity (Wildman–Crippen MR) is 99.9 cm³/mol. The normalized spacial score (nSPS) is 11.2. The number of thiazole rings is 1. The van der Waals surface area contributed by atoms with E-state index in [-0.39, 0.29) is 0 Å². The maximum atomic E-state index is 5.48. The molecule has 3 heterocycles. The van der Waals surface area contributed by atoms with E-state index < -0.39 is 0 Å². The number of hydrogen-bond acceptors (Lipinski definition) is 4. The molecule has 0 bridgehead atoms. The van der Waals surface area contributed by atoms with Crippen LogP contribution in [0.5, 0.6) is 0 Å². The Balaban J connectivity index is 1.61. The van der Waals surface area contributed by atoms with Crippen LogP contribution in [0.1, 0.15) is 0 Å². The van der Waals surface area contributed by atoms with Crippen molar-refractivity contribution in [1.82, 2.24) is 14.5 Å². The summed E-state index contributed by atoms with van der Waals surface area (Å²) in [5, 5.41) is 3.01. The van der Waals surface area contributed by atoms with E-state index in [1.807, 2.05) is 30.0 Å². The highest BCUT2D eigenvalue weighted by Gasteiger charge is 2.09. The van der Waals surface area contributed by atoms with Crippen molar-refractivity contribution >= 4 is 22.4 Å². The van der Waals surface area contributed by atoms with E-state index in [1.54, 1.807) is 17.6 Å². The number of aromatic nitrogens is 3. The minimum Gasteiger partial charge on any atom is -0.464 e. The van der Waals surface area contributed by atoms with Gasteiger partial charge in [0.2, 0.25) is 0 Å². The molecule has 0 spiro atoms. The molecule has 0 N–H and O–H groups in total. The van der Waals surface area contributed by atoms with E-state index in [0.717, 1.165) is 38.6 Å². The van der Waals surface area contributed by atoms with E-state index in [9.17, 15) is 0 Å². The van der Waals surface area contributed by atoms with E-state index >= 15 is 0 Å². The van der Waals surface area contributed by atoms with Crippen LogP contribution in [0, 0.1) is 0 Å². The summed E-state index contributed by atoms with van der Waals surface area (Å²) in [6.45, 7) is 0. The molecule has 0 amide bonds. The molecule has 0 saturated carbocycles. The molecule has 3 aromatic heterocycles. The smallest absolute Gasteiger partial charge is 0.133 e. The topological polar surface area (TPSA) is 43.9 Å². The Morgan fingerprint density at radius 2 is 1.92 bits per heavy atom. The molecular weight excluding hydrogens is 330 g/mol. The predicted octanol–water partition coefficient (Wildman–Crippen LogP) is 5.41. The van der Waals surface area contributed by atoms with Crippen molar-refractivity contribution in [2.75, 3.05) is 0 Å². The molecule has 0 aliphatic carbocycles. The van der Waals surface area contributed by atoms with Crippen LogP contribution in [0.2, 0.25) is 0 Å². The first-order chi connectivity index (χ1) is 12.4. The summed E-state index contributed by atoms with van der Waals surface area (Å²) in [5.41, 5.74) is 5.21. The molecule has 0 atom stereocenters. The highest BCUT2D eigenvalue weighted by Crippen LogP contribution is 2.28. The summed E-state index contributed by atoms with van der Waals surface area (Å²) in [6, 6.07) is 18.4. The van der Waals surface area contributed by atoms with Gasteiger partial charge < -0.3 is 4.42 Å². The lowest BCUT2D eigenvalue weighted by Crippen LogP contribution is -1.92. The third kappa shape index (κ3) is 2.45. The van der Waals surface area contributed by atoms with E-state index in [2.05, 4.69) is 57.0 Å². The lowest BCUT2D eigenvalue weighted by Gasteiger charge is -2.06. The summed E-state index contributed by atoms with van der Waals surface area (Å²) in [5.74, 6) is 0.849. The van der Waals surface area contributed by atoms with Crippen molar-refractivity contribution in [1.29, 1.82) is 0 Å². The van der Waals surface area contributed by atoms with Crippen molar-refractivity contribution in [3.05, 3.63) is 78.8 Å². The number of rotatable bonds is 3. The molecule has 0 fully saturated rings. The summed E-state index contributed by atoms with van der Waals surface area (Å²) < 4.78 is 7.57. The lowest BCUT2D eigenvalue weighted by atomic mass is 10.1. The Labute approximate surface area is 148 Å². The van der Waals surface area contributed by atoms with Crippen LogP contribution in [0.25, 0.3) is 38.6 Å². The van der Waals surface area contributed by atoms with Crippen LogP contribution < -0.4 is 0 Å². The summed E-state index contributed by atoms with van der Waals surface area (Å²) >= 11 is 1.64. The van der Waals surface area contributed by atoms with Crippen molar-refractivity contribution in [2.24, 2.45) is 0 Å². The molecule has 0 saturated heterocycles. The van der Waals surface area contributed by atoms with Gasteiger partial charge in [0.25, 0.3) is 0 Å². The zero-order valence-corrected chi connectivity index (χ0v) is 14.0. The molecule has 0 aliphatic heterocycles. The van der Waals surface area contributed by atoms with Gasteiger partial charge in [-0.2, -0.15) is 0 Å². The van der Waals surface area contributed by atoms with E-state index in [1.165, 1.54) is 0 Å². The molecule has 2 aromatic carbocycles. The van der Waals surface area contributed by atoms with Gasteiger partial charge in [-0.05, 0) is 42.5 Å². The van der Waals surface area contributed by atoms with Crippen LogP contribution in [-0.2, 0) is 0 Å². The third-order valence-electron chi connectivity index (χ3n) is 4.16. The second-order valence-corrected chi connectivity index (χ2v) is 6.58. The molecule has 120 valence electrons. The monoisotopic (exact) mass is 343 g/mol.